The van der Waals surface area contributed by atoms with E-state index >= 15 is 0 Å². The Morgan fingerprint density at radius 3 is 1.33 bits per heavy atom. The van der Waals surface area contributed by atoms with Crippen LogP contribution in [0.3, 0.4) is 0 Å². The molecule has 0 aromatic carbocycles. The zero-order chi connectivity index (χ0) is 43.2. The molecule has 10 heteroatoms. The summed E-state index contributed by atoms with van der Waals surface area (Å²) in [6.07, 6.45) is 31.6. The number of rotatable bonds is 37. The number of hydrogen-bond acceptors (Lipinski definition) is 10. The van der Waals surface area contributed by atoms with Crippen molar-refractivity contribution in [2.75, 3.05) is 39.6 Å². The zero-order valence-corrected chi connectivity index (χ0v) is 38.5. The van der Waals surface area contributed by atoms with Gasteiger partial charge in [0.2, 0.25) is 0 Å². The minimum atomic E-state index is -0.107. The van der Waals surface area contributed by atoms with Gasteiger partial charge in [0, 0.05) is 25.7 Å². The highest BCUT2D eigenvalue weighted by molar-refractivity contribution is 5.70. The molecule has 2 saturated heterocycles. The predicted octanol–water partition coefficient (Wildman–Crippen LogP) is 12.1. The Hall–Kier alpha value is -2.46. The van der Waals surface area contributed by atoms with Crippen molar-refractivity contribution < 1.29 is 47.6 Å². The van der Waals surface area contributed by atoms with E-state index < -0.39 is 0 Å². The van der Waals surface area contributed by atoms with Gasteiger partial charge in [0.25, 0.3) is 0 Å². The topological polar surface area (TPSA) is 130 Å². The zero-order valence-electron chi connectivity index (χ0n) is 38.5. The van der Waals surface area contributed by atoms with Crippen LogP contribution in [-0.4, -0.2) is 75.7 Å². The maximum atomic E-state index is 12.0. The van der Waals surface area contributed by atoms with E-state index in [1.165, 1.54) is 70.6 Å². The highest BCUT2D eigenvalue weighted by Crippen LogP contribution is 2.34. The molecule has 4 rings (SSSR count). The molecule has 2 aliphatic carbocycles. The number of carbonyl (C=O) groups excluding carboxylic acids is 4. The molecule has 354 valence electrons. The summed E-state index contributed by atoms with van der Waals surface area (Å²) in [7, 11) is 0. The number of unbranched alkanes of at least 4 members (excludes halogenated alkanes) is 3. The Balaban J connectivity index is 0.000000413. The largest absolute Gasteiger partial charge is 0.465 e. The monoisotopic (exact) mass is 863 g/mol. The van der Waals surface area contributed by atoms with Crippen LogP contribution in [0.1, 0.15) is 202 Å². The standard InChI is InChI=1S/C25H44O5.C25H42O5.CH4/c2*1-3-5-10-22(12-8-14-25(27)29-17-20-15-16-20)21(9-4-2)11-6-7-13-24(26)30-19-23-18-28-23;/h20-23H,3-19H2,1-2H3;5,10,20-23H,3-4,6-9,11-19H2,1-2H3;1H4. The molecule has 0 N–H and O–H groups in total. The van der Waals surface area contributed by atoms with Crippen molar-refractivity contribution in [2.24, 2.45) is 35.5 Å². The van der Waals surface area contributed by atoms with Crippen LogP contribution in [-0.2, 0) is 47.6 Å². The highest BCUT2D eigenvalue weighted by Gasteiger charge is 2.27. The van der Waals surface area contributed by atoms with Gasteiger partial charge >= 0.3 is 23.9 Å². The van der Waals surface area contributed by atoms with Gasteiger partial charge in [-0.2, -0.15) is 0 Å². The number of esters is 4. The minimum absolute atomic E-state index is 0. The summed E-state index contributed by atoms with van der Waals surface area (Å²) in [6, 6.07) is 0. The lowest BCUT2D eigenvalue weighted by Gasteiger charge is -2.27. The summed E-state index contributed by atoms with van der Waals surface area (Å²) in [5.74, 6) is 3.49. The quantitative estimate of drug-likeness (QED) is 0.0196. The fourth-order valence-corrected chi connectivity index (χ4v) is 8.13. The maximum absolute atomic E-state index is 12.0. The van der Waals surface area contributed by atoms with Crippen molar-refractivity contribution in [2.45, 2.75) is 214 Å². The molecule has 0 bridgehead atoms. The first kappa shape index (κ1) is 54.7. The Labute approximate surface area is 372 Å². The maximum Gasteiger partial charge on any atom is 0.305 e. The lowest BCUT2D eigenvalue weighted by atomic mass is 9.79. The van der Waals surface area contributed by atoms with Crippen LogP contribution in [0.15, 0.2) is 12.2 Å². The summed E-state index contributed by atoms with van der Waals surface area (Å²) in [5.41, 5.74) is 0. The molecule has 2 heterocycles. The molecule has 10 nitrogen and oxygen atoms in total. The van der Waals surface area contributed by atoms with E-state index in [-0.39, 0.29) is 43.5 Å². The summed E-state index contributed by atoms with van der Waals surface area (Å²) in [4.78, 5) is 47.5. The van der Waals surface area contributed by atoms with Crippen LogP contribution in [0, 0.1) is 35.5 Å². The molecule has 2 saturated carbocycles. The van der Waals surface area contributed by atoms with E-state index in [0.717, 1.165) is 83.8 Å². The van der Waals surface area contributed by atoms with Crippen molar-refractivity contribution in [1.29, 1.82) is 0 Å². The van der Waals surface area contributed by atoms with Crippen molar-refractivity contribution in [1.82, 2.24) is 0 Å². The van der Waals surface area contributed by atoms with Crippen LogP contribution >= 0.6 is 0 Å². The van der Waals surface area contributed by atoms with Crippen molar-refractivity contribution in [3.8, 4) is 0 Å². The molecular formula is C51H90O10. The fraction of sp³-hybridized carbons (Fsp3) is 0.882. The van der Waals surface area contributed by atoms with Gasteiger partial charge < -0.3 is 28.4 Å². The van der Waals surface area contributed by atoms with Gasteiger partial charge in [0.15, 0.2) is 0 Å². The molecule has 0 spiro atoms. The lowest BCUT2D eigenvalue weighted by molar-refractivity contribution is -0.145. The molecule has 4 aliphatic rings. The van der Waals surface area contributed by atoms with E-state index in [9.17, 15) is 19.2 Å². The molecule has 4 fully saturated rings. The van der Waals surface area contributed by atoms with Crippen LogP contribution in [0.2, 0.25) is 0 Å². The Morgan fingerprint density at radius 2 is 0.885 bits per heavy atom. The highest BCUT2D eigenvalue weighted by atomic mass is 16.6. The number of carbonyl (C=O) groups is 4. The number of hydrogen-bond donors (Lipinski definition) is 0. The van der Waals surface area contributed by atoms with Crippen LogP contribution in [0.5, 0.6) is 0 Å². The molecule has 0 amide bonds. The molecule has 0 radical (unpaired) electrons. The summed E-state index contributed by atoms with van der Waals surface area (Å²) in [5, 5.41) is 0. The van der Waals surface area contributed by atoms with E-state index in [1.807, 2.05) is 0 Å². The first-order valence-electron chi connectivity index (χ1n) is 24.8. The lowest BCUT2D eigenvalue weighted by Crippen LogP contribution is -2.17. The van der Waals surface area contributed by atoms with Gasteiger partial charge in [0.1, 0.15) is 25.4 Å². The second-order valence-electron chi connectivity index (χ2n) is 18.3. The number of ether oxygens (including phenoxy) is 6. The first-order valence-corrected chi connectivity index (χ1v) is 24.8. The van der Waals surface area contributed by atoms with Gasteiger partial charge in [-0.3, -0.25) is 19.2 Å². The van der Waals surface area contributed by atoms with E-state index in [2.05, 4.69) is 39.8 Å². The molecule has 0 aromatic heterocycles. The SMILES string of the molecule is C.CCC=CC(CCCC(=O)OCC1CC1)C(CCC)CCCCC(=O)OCC1CO1.CCCCC(CCCC(=O)OCC1CC1)C(CCC)CCCCC(=O)OCC1CO1. The normalized spacial score (nSPS) is 19.7. The van der Waals surface area contributed by atoms with Crippen LogP contribution in [0.4, 0.5) is 0 Å². The Bertz CT molecular complexity index is 1190. The van der Waals surface area contributed by atoms with Gasteiger partial charge in [-0.1, -0.05) is 111 Å². The van der Waals surface area contributed by atoms with Gasteiger partial charge in [-0.25, -0.2) is 0 Å². The van der Waals surface area contributed by atoms with Crippen molar-refractivity contribution in [3.05, 3.63) is 12.2 Å². The summed E-state index contributed by atoms with van der Waals surface area (Å²) < 4.78 is 31.3. The molecule has 2 aliphatic heterocycles. The van der Waals surface area contributed by atoms with Gasteiger partial charge in [0.05, 0.1) is 26.4 Å². The fourth-order valence-electron chi connectivity index (χ4n) is 8.13. The van der Waals surface area contributed by atoms with Crippen molar-refractivity contribution >= 4 is 23.9 Å². The minimum Gasteiger partial charge on any atom is -0.465 e. The molecule has 0 aromatic rings. The van der Waals surface area contributed by atoms with E-state index in [4.69, 9.17) is 28.4 Å². The van der Waals surface area contributed by atoms with Crippen LogP contribution in [0.25, 0.3) is 0 Å². The van der Waals surface area contributed by atoms with E-state index in [1.54, 1.807) is 0 Å². The first-order chi connectivity index (χ1) is 29.2. The third-order valence-electron chi connectivity index (χ3n) is 12.4. The van der Waals surface area contributed by atoms with Gasteiger partial charge in [-0.05, 0) is 113 Å². The Morgan fingerprint density at radius 1 is 0.492 bits per heavy atom. The average molecular weight is 863 g/mol. The van der Waals surface area contributed by atoms with Gasteiger partial charge in [-0.15, -0.1) is 0 Å². The summed E-state index contributed by atoms with van der Waals surface area (Å²) in [6.45, 7) is 12.4. The third kappa shape index (κ3) is 29.5. The van der Waals surface area contributed by atoms with Crippen molar-refractivity contribution in [3.63, 3.8) is 0 Å². The number of allylic oxidation sites excluding steroid dienone is 2. The Kier molecular flexibility index (Phi) is 30.5. The smallest absolute Gasteiger partial charge is 0.305 e. The third-order valence-corrected chi connectivity index (χ3v) is 12.4. The molecular weight excluding hydrogens is 773 g/mol. The second-order valence-corrected chi connectivity index (χ2v) is 18.3. The van der Waals surface area contributed by atoms with E-state index in [0.29, 0.717) is 87.6 Å². The molecule has 6 unspecified atom stereocenters. The molecule has 6 atom stereocenters. The summed E-state index contributed by atoms with van der Waals surface area (Å²) >= 11 is 0. The number of epoxide rings is 2. The average Bonchev–Trinajstić information content (AvgIpc) is 4.02. The molecule has 61 heavy (non-hydrogen) atoms. The van der Waals surface area contributed by atoms with Crippen LogP contribution < -0.4 is 0 Å². The predicted molar refractivity (Wildman–Crippen MR) is 243 cm³/mol. The second kappa shape index (κ2) is 34.0.